The van der Waals surface area contributed by atoms with Gasteiger partial charge in [0.15, 0.2) is 17.3 Å². The van der Waals surface area contributed by atoms with Gasteiger partial charge >= 0.3 is 5.69 Å². The van der Waals surface area contributed by atoms with Gasteiger partial charge in [0.05, 0.1) is 19.2 Å². The van der Waals surface area contributed by atoms with Crippen LogP contribution in [-0.4, -0.2) is 37.0 Å². The van der Waals surface area contributed by atoms with Gasteiger partial charge in [-0.25, -0.2) is 9.78 Å². The molecule has 166 valence electrons. The van der Waals surface area contributed by atoms with Crippen molar-refractivity contribution in [1.29, 1.82) is 0 Å². The third-order valence-corrected chi connectivity index (χ3v) is 5.99. The van der Waals surface area contributed by atoms with E-state index >= 15 is 0 Å². The highest BCUT2D eigenvalue weighted by Crippen LogP contribution is 2.24. The fourth-order valence-corrected chi connectivity index (χ4v) is 4.28. The Labute approximate surface area is 193 Å². The predicted octanol–water partition coefficient (Wildman–Crippen LogP) is 4.08. The molecule has 8 nitrogen and oxygen atoms in total. The quantitative estimate of drug-likeness (QED) is 0.400. The number of carbonyl (C=O) groups excluding carboxylic acids is 1. The number of aromatic amines is 1. The maximum absolute atomic E-state index is 13.5. The minimum Gasteiger partial charge on any atom is -0.497 e. The molecule has 0 aliphatic heterocycles. The van der Waals surface area contributed by atoms with Gasteiger partial charge in [-0.2, -0.15) is 4.52 Å². The van der Waals surface area contributed by atoms with Gasteiger partial charge in [-0.05, 0) is 42.5 Å². The van der Waals surface area contributed by atoms with Crippen molar-refractivity contribution in [3.8, 4) is 17.1 Å². The van der Waals surface area contributed by atoms with Gasteiger partial charge < -0.3 is 9.72 Å². The van der Waals surface area contributed by atoms with Gasteiger partial charge in [-0.1, -0.05) is 30.3 Å². The van der Waals surface area contributed by atoms with Gasteiger partial charge in [0.2, 0.25) is 0 Å². The fourth-order valence-electron chi connectivity index (χ4n) is 4.28. The molecule has 8 heteroatoms. The van der Waals surface area contributed by atoms with Crippen molar-refractivity contribution in [3.63, 3.8) is 0 Å². The first-order valence-corrected chi connectivity index (χ1v) is 10.8. The molecule has 0 fully saturated rings. The number of hydrogen-bond donors (Lipinski definition) is 1. The molecule has 6 rings (SSSR count). The van der Waals surface area contributed by atoms with Gasteiger partial charge in [0.25, 0.3) is 0 Å². The zero-order chi connectivity index (χ0) is 23.2. The summed E-state index contributed by atoms with van der Waals surface area (Å²) in [7, 11) is 1.60. The van der Waals surface area contributed by atoms with E-state index < -0.39 is 5.69 Å². The van der Waals surface area contributed by atoms with Crippen LogP contribution in [0.4, 0.5) is 0 Å². The molecule has 0 saturated carbocycles. The normalized spacial score (nSPS) is 11.4. The highest BCUT2D eigenvalue weighted by Gasteiger charge is 2.19. The molecule has 0 atom stereocenters. The van der Waals surface area contributed by atoms with E-state index in [1.165, 1.54) is 9.08 Å². The third kappa shape index (κ3) is 3.07. The van der Waals surface area contributed by atoms with Crippen LogP contribution in [0.1, 0.15) is 10.4 Å². The van der Waals surface area contributed by atoms with Crippen molar-refractivity contribution < 1.29 is 9.53 Å². The van der Waals surface area contributed by atoms with Crippen molar-refractivity contribution in [2.75, 3.05) is 7.11 Å². The number of benzene rings is 3. The minimum atomic E-state index is -0.422. The highest BCUT2D eigenvalue weighted by atomic mass is 16.5. The molecule has 0 radical (unpaired) electrons. The van der Waals surface area contributed by atoms with Crippen LogP contribution in [0.15, 0.2) is 83.8 Å². The number of fused-ring (bicyclic) bond motifs is 4. The lowest BCUT2D eigenvalue weighted by molar-refractivity contribution is 0.0973. The molecule has 34 heavy (non-hydrogen) atoms. The van der Waals surface area contributed by atoms with Crippen molar-refractivity contribution >= 4 is 33.2 Å². The number of para-hydroxylation sites is 2. The molecule has 0 aliphatic carbocycles. The molecular weight excluding hydrogens is 430 g/mol. The van der Waals surface area contributed by atoms with E-state index in [9.17, 15) is 9.59 Å². The molecule has 0 spiro atoms. The maximum atomic E-state index is 13.5. The number of methoxy groups -OCH3 is 1. The Kier molecular flexibility index (Phi) is 4.51. The summed E-state index contributed by atoms with van der Waals surface area (Å²) in [4.78, 5) is 34.5. The summed E-state index contributed by atoms with van der Waals surface area (Å²) in [6.07, 6.45) is 1.69. The van der Waals surface area contributed by atoms with E-state index in [1.807, 2.05) is 72.8 Å². The lowest BCUT2D eigenvalue weighted by Gasteiger charge is -2.10. The Morgan fingerprint density at radius 2 is 1.71 bits per heavy atom. The number of rotatable bonds is 5. The number of ketones is 1. The first-order valence-electron chi connectivity index (χ1n) is 10.8. The second-order valence-corrected chi connectivity index (χ2v) is 7.96. The zero-order valence-electron chi connectivity index (χ0n) is 18.2. The van der Waals surface area contributed by atoms with Crippen LogP contribution in [0.5, 0.6) is 5.75 Å². The van der Waals surface area contributed by atoms with Gasteiger partial charge in [0.1, 0.15) is 5.75 Å². The second-order valence-electron chi connectivity index (χ2n) is 7.96. The lowest BCUT2D eigenvalue weighted by atomic mass is 10.1. The van der Waals surface area contributed by atoms with Crippen LogP contribution < -0.4 is 10.4 Å². The number of aromatic nitrogens is 5. The average molecular weight is 449 g/mol. The number of H-pyrrole nitrogens is 1. The zero-order valence-corrected chi connectivity index (χ0v) is 18.2. The summed E-state index contributed by atoms with van der Waals surface area (Å²) < 4.78 is 7.94. The lowest BCUT2D eigenvalue weighted by Crippen LogP contribution is -2.30. The van der Waals surface area contributed by atoms with E-state index in [1.54, 1.807) is 13.3 Å². The van der Waals surface area contributed by atoms with Crippen LogP contribution in [0.3, 0.4) is 0 Å². The highest BCUT2D eigenvalue weighted by molar-refractivity contribution is 6.08. The van der Waals surface area contributed by atoms with Crippen molar-refractivity contribution in [3.05, 3.63) is 95.0 Å². The standard InChI is InChI=1S/C26H19N5O3/c1-34-17-12-10-16(11-13-17)24-28-25-19-7-3-5-9-22(19)30(26(33)31(25)29-24)15-23(32)20-14-27-21-8-4-2-6-18(20)21/h2-14,27H,15H2,1H3. The maximum Gasteiger partial charge on any atom is 0.351 e. The number of carbonyl (C=O) groups is 1. The summed E-state index contributed by atoms with van der Waals surface area (Å²) in [6, 6.07) is 22.3. The van der Waals surface area contributed by atoms with E-state index in [-0.39, 0.29) is 12.3 Å². The SMILES string of the molecule is COc1ccc(-c2nc3c4ccccc4n(CC(=O)c4c[nH]c5ccccc45)c(=O)n3n2)cc1. The average Bonchev–Trinajstić information content (AvgIpc) is 3.52. The van der Waals surface area contributed by atoms with Gasteiger partial charge in [-0.3, -0.25) is 9.36 Å². The number of ether oxygens (including phenoxy) is 1. The molecule has 3 aromatic carbocycles. The number of Topliss-reactive ketones (excluding diaryl/α,β-unsaturated/α-hetero) is 1. The predicted molar refractivity (Wildman–Crippen MR) is 129 cm³/mol. The molecule has 0 aliphatic rings. The molecule has 6 aromatic rings. The Morgan fingerprint density at radius 3 is 2.50 bits per heavy atom. The Hall–Kier alpha value is -4.72. The third-order valence-electron chi connectivity index (χ3n) is 5.99. The van der Waals surface area contributed by atoms with Crippen molar-refractivity contribution in [2.45, 2.75) is 6.54 Å². The number of nitrogens with one attached hydrogen (secondary N) is 1. The first kappa shape index (κ1) is 19.9. The van der Waals surface area contributed by atoms with E-state index in [4.69, 9.17) is 4.74 Å². The van der Waals surface area contributed by atoms with Crippen molar-refractivity contribution in [2.24, 2.45) is 0 Å². The van der Waals surface area contributed by atoms with Crippen LogP contribution in [0.2, 0.25) is 0 Å². The van der Waals surface area contributed by atoms with Gasteiger partial charge in [0, 0.05) is 33.6 Å². The monoisotopic (exact) mass is 449 g/mol. The van der Waals surface area contributed by atoms with Crippen LogP contribution in [0, 0.1) is 0 Å². The molecule has 3 aromatic heterocycles. The molecule has 0 amide bonds. The fraction of sp³-hybridized carbons (Fsp3) is 0.0769. The Morgan fingerprint density at radius 1 is 0.971 bits per heavy atom. The Bertz CT molecular complexity index is 1760. The minimum absolute atomic E-state index is 0.116. The molecule has 1 N–H and O–H groups in total. The summed E-state index contributed by atoms with van der Waals surface area (Å²) in [6.45, 7) is -0.116. The summed E-state index contributed by atoms with van der Waals surface area (Å²) >= 11 is 0. The van der Waals surface area contributed by atoms with E-state index in [0.29, 0.717) is 22.6 Å². The molecule has 0 bridgehead atoms. The first-order chi connectivity index (χ1) is 16.6. The second kappa shape index (κ2) is 7.70. The largest absolute Gasteiger partial charge is 0.497 e. The van der Waals surface area contributed by atoms with Crippen molar-refractivity contribution in [1.82, 2.24) is 24.1 Å². The molecule has 0 saturated heterocycles. The summed E-state index contributed by atoms with van der Waals surface area (Å²) in [5, 5.41) is 6.05. The topological polar surface area (TPSA) is 94.3 Å². The van der Waals surface area contributed by atoms with Crippen LogP contribution >= 0.6 is 0 Å². The number of nitrogens with zero attached hydrogens (tertiary/aromatic N) is 4. The van der Waals surface area contributed by atoms with Crippen LogP contribution in [-0.2, 0) is 6.54 Å². The number of hydrogen-bond acceptors (Lipinski definition) is 5. The van der Waals surface area contributed by atoms with E-state index in [0.717, 1.165) is 27.6 Å². The van der Waals surface area contributed by atoms with E-state index in [2.05, 4.69) is 15.1 Å². The molecule has 3 heterocycles. The molecular formula is C26H19N5O3. The smallest absolute Gasteiger partial charge is 0.351 e. The summed E-state index contributed by atoms with van der Waals surface area (Å²) in [5.74, 6) is 0.973. The van der Waals surface area contributed by atoms with Crippen LogP contribution in [0.25, 0.3) is 38.8 Å². The molecule has 0 unspecified atom stereocenters. The summed E-state index contributed by atoms with van der Waals surface area (Å²) in [5.41, 5.74) is 2.83. The van der Waals surface area contributed by atoms with Gasteiger partial charge in [-0.15, -0.1) is 5.10 Å². The Balaban J connectivity index is 1.50.